The zero-order valence-electron chi connectivity index (χ0n) is 15.6. The number of benzene rings is 1. The van der Waals surface area contributed by atoms with Gasteiger partial charge in [0.15, 0.2) is 0 Å². The largest absolute Gasteiger partial charge is 0.467 e. The fourth-order valence-electron chi connectivity index (χ4n) is 2.55. The van der Waals surface area contributed by atoms with Crippen molar-refractivity contribution in [1.29, 1.82) is 0 Å². The molecule has 6 heteroatoms. The molecule has 0 atom stereocenters. The molecule has 26 heavy (non-hydrogen) atoms. The number of methoxy groups -OCH3 is 1. The van der Waals surface area contributed by atoms with Crippen molar-refractivity contribution in [2.45, 2.75) is 26.2 Å². The quantitative estimate of drug-likeness (QED) is 0.590. The van der Waals surface area contributed by atoms with Crippen molar-refractivity contribution in [1.82, 2.24) is 10.2 Å². The molecule has 0 aliphatic rings. The number of nitrogens with one attached hydrogen (secondary N) is 1. The molecule has 6 nitrogen and oxygen atoms in total. The van der Waals surface area contributed by atoms with Crippen LogP contribution in [0.15, 0.2) is 47.1 Å². The summed E-state index contributed by atoms with van der Waals surface area (Å²) in [6, 6.07) is 11.8. The van der Waals surface area contributed by atoms with Crippen LogP contribution < -0.4 is 5.32 Å². The van der Waals surface area contributed by atoms with Crippen LogP contribution in [-0.4, -0.2) is 44.7 Å². The molecule has 0 aliphatic carbocycles. The highest BCUT2D eigenvalue weighted by molar-refractivity contribution is 5.77. The normalized spacial score (nSPS) is 11.0. The lowest BCUT2D eigenvalue weighted by atomic mass is 10.1. The average Bonchev–Trinajstić information content (AvgIpc) is 3.14. The number of carbonyl (C=O) groups is 1. The molecule has 142 valence electrons. The number of rotatable bonds is 12. The predicted molar refractivity (Wildman–Crippen MR) is 99.5 cm³/mol. The van der Waals surface area contributed by atoms with Crippen LogP contribution >= 0.6 is 0 Å². The number of hydrogen-bond donors (Lipinski definition) is 1. The van der Waals surface area contributed by atoms with E-state index in [9.17, 15) is 4.79 Å². The molecule has 0 fully saturated rings. The van der Waals surface area contributed by atoms with E-state index in [0.29, 0.717) is 32.9 Å². The Morgan fingerprint density at radius 2 is 2.04 bits per heavy atom. The van der Waals surface area contributed by atoms with Crippen molar-refractivity contribution in [3.63, 3.8) is 0 Å². The van der Waals surface area contributed by atoms with Gasteiger partial charge in [0.25, 0.3) is 0 Å². The molecular formula is C20H28N2O4. The van der Waals surface area contributed by atoms with Crippen LogP contribution in [0.3, 0.4) is 0 Å². The first-order valence-electron chi connectivity index (χ1n) is 8.79. The van der Waals surface area contributed by atoms with E-state index in [4.69, 9.17) is 13.9 Å². The molecule has 0 saturated heterocycles. The van der Waals surface area contributed by atoms with Crippen molar-refractivity contribution in [2.75, 3.05) is 33.9 Å². The van der Waals surface area contributed by atoms with Gasteiger partial charge in [-0.1, -0.05) is 24.3 Å². The third-order valence-corrected chi connectivity index (χ3v) is 3.88. The molecule has 0 spiro atoms. The molecule has 1 N–H and O–H groups in total. The minimum absolute atomic E-state index is 0.0180. The average molecular weight is 360 g/mol. The number of carbonyl (C=O) groups excluding carboxylic acids is 1. The number of ether oxygens (including phenoxy) is 2. The molecule has 0 saturated carbocycles. The molecule has 0 aliphatic heterocycles. The van der Waals surface area contributed by atoms with Gasteiger partial charge in [-0.25, -0.2) is 0 Å². The Morgan fingerprint density at radius 1 is 1.19 bits per heavy atom. The Kier molecular flexibility index (Phi) is 8.89. The second kappa shape index (κ2) is 11.5. The van der Waals surface area contributed by atoms with Crippen LogP contribution in [-0.2, 0) is 34.0 Å². The summed E-state index contributed by atoms with van der Waals surface area (Å²) < 4.78 is 15.9. The Hall–Kier alpha value is -2.15. The highest BCUT2D eigenvalue weighted by atomic mass is 16.5. The first kappa shape index (κ1) is 20.2. The number of nitrogens with zero attached hydrogens (tertiary/aromatic N) is 1. The molecule has 0 unspecified atom stereocenters. The smallest absolute Gasteiger partial charge is 0.234 e. The van der Waals surface area contributed by atoms with E-state index >= 15 is 0 Å². The third-order valence-electron chi connectivity index (χ3n) is 3.88. The lowest BCUT2D eigenvalue weighted by Crippen LogP contribution is -2.35. The van der Waals surface area contributed by atoms with Gasteiger partial charge in [-0.2, -0.15) is 0 Å². The van der Waals surface area contributed by atoms with Gasteiger partial charge in [-0.05, 0) is 36.7 Å². The lowest BCUT2D eigenvalue weighted by molar-refractivity contribution is -0.122. The van der Waals surface area contributed by atoms with Crippen molar-refractivity contribution >= 4 is 5.91 Å². The van der Waals surface area contributed by atoms with Gasteiger partial charge in [0.1, 0.15) is 12.4 Å². The van der Waals surface area contributed by atoms with E-state index in [2.05, 4.69) is 5.32 Å². The first-order valence-corrected chi connectivity index (χ1v) is 8.79. The molecule has 1 aromatic carbocycles. The Morgan fingerprint density at radius 3 is 2.81 bits per heavy atom. The number of likely N-dealkylation sites (N-methyl/N-ethyl adjacent to an activating group) is 1. The number of amides is 1. The van der Waals surface area contributed by atoms with Crippen LogP contribution in [0, 0.1) is 0 Å². The summed E-state index contributed by atoms with van der Waals surface area (Å²) >= 11 is 0. The van der Waals surface area contributed by atoms with Gasteiger partial charge in [-0.3, -0.25) is 9.69 Å². The van der Waals surface area contributed by atoms with E-state index in [1.165, 1.54) is 0 Å². The van der Waals surface area contributed by atoms with E-state index in [-0.39, 0.29) is 5.91 Å². The van der Waals surface area contributed by atoms with E-state index in [1.807, 2.05) is 48.3 Å². The van der Waals surface area contributed by atoms with E-state index in [1.54, 1.807) is 13.4 Å². The summed E-state index contributed by atoms with van der Waals surface area (Å²) in [5, 5.41) is 2.96. The van der Waals surface area contributed by atoms with Crippen LogP contribution in [0.5, 0.6) is 0 Å². The van der Waals surface area contributed by atoms with Crippen LogP contribution in [0.25, 0.3) is 0 Å². The summed E-state index contributed by atoms with van der Waals surface area (Å²) in [5.74, 6) is 0.826. The topological polar surface area (TPSA) is 63.9 Å². The Bertz CT molecular complexity index is 643. The van der Waals surface area contributed by atoms with Gasteiger partial charge < -0.3 is 19.2 Å². The Balaban J connectivity index is 1.69. The number of hydrogen-bond acceptors (Lipinski definition) is 5. The second-order valence-electron chi connectivity index (χ2n) is 6.25. The highest BCUT2D eigenvalue weighted by Crippen LogP contribution is 2.09. The fraction of sp³-hybridized carbons (Fsp3) is 0.450. The van der Waals surface area contributed by atoms with E-state index < -0.39 is 0 Å². The zero-order valence-corrected chi connectivity index (χ0v) is 15.6. The van der Waals surface area contributed by atoms with Crippen molar-refractivity contribution in [2.24, 2.45) is 0 Å². The maximum absolute atomic E-state index is 12.0. The molecule has 1 amide bonds. The molecular weight excluding hydrogens is 332 g/mol. The fourth-order valence-corrected chi connectivity index (χ4v) is 2.55. The summed E-state index contributed by atoms with van der Waals surface area (Å²) in [5.41, 5.74) is 2.12. The molecule has 1 heterocycles. The van der Waals surface area contributed by atoms with Crippen LogP contribution in [0.4, 0.5) is 0 Å². The monoisotopic (exact) mass is 360 g/mol. The molecule has 2 aromatic rings. The number of furan rings is 1. The Labute approximate surface area is 155 Å². The van der Waals surface area contributed by atoms with Gasteiger partial charge in [0.2, 0.25) is 5.91 Å². The van der Waals surface area contributed by atoms with Crippen LogP contribution in [0.1, 0.15) is 23.3 Å². The minimum Gasteiger partial charge on any atom is -0.467 e. The highest BCUT2D eigenvalue weighted by Gasteiger charge is 2.06. The summed E-state index contributed by atoms with van der Waals surface area (Å²) in [4.78, 5) is 14.0. The van der Waals surface area contributed by atoms with Crippen molar-refractivity contribution in [3.05, 3.63) is 59.5 Å². The summed E-state index contributed by atoms with van der Waals surface area (Å²) in [7, 11) is 3.62. The summed E-state index contributed by atoms with van der Waals surface area (Å²) in [6.07, 6.45) is 2.55. The SMILES string of the molecule is COCCCN(C)CC(=O)NCc1cccc(COCc2ccco2)c1. The van der Waals surface area contributed by atoms with Gasteiger partial charge in [-0.15, -0.1) is 0 Å². The van der Waals surface area contributed by atoms with Gasteiger partial charge >= 0.3 is 0 Å². The molecule has 1 aromatic heterocycles. The summed E-state index contributed by atoms with van der Waals surface area (Å²) in [6.45, 7) is 3.39. The molecule has 0 bridgehead atoms. The zero-order chi connectivity index (χ0) is 18.6. The van der Waals surface area contributed by atoms with Crippen molar-refractivity contribution < 1.29 is 18.7 Å². The van der Waals surface area contributed by atoms with Crippen LogP contribution in [0.2, 0.25) is 0 Å². The minimum atomic E-state index is 0.0180. The lowest BCUT2D eigenvalue weighted by Gasteiger charge is -2.16. The predicted octanol–water partition coefficient (Wildman–Crippen LogP) is 2.58. The van der Waals surface area contributed by atoms with Crippen molar-refractivity contribution in [3.8, 4) is 0 Å². The molecule has 0 radical (unpaired) electrons. The third kappa shape index (κ3) is 7.82. The van der Waals surface area contributed by atoms with E-state index in [0.717, 1.165) is 29.9 Å². The molecule has 2 rings (SSSR count). The maximum Gasteiger partial charge on any atom is 0.234 e. The maximum atomic E-state index is 12.0. The van der Waals surface area contributed by atoms with Gasteiger partial charge in [0.05, 0.1) is 19.4 Å². The first-order chi connectivity index (χ1) is 12.7. The van der Waals surface area contributed by atoms with Gasteiger partial charge in [0, 0.05) is 26.8 Å². The standard InChI is InChI=1S/C20H28N2O4/c1-22(9-5-10-24-2)14-20(23)21-13-17-6-3-7-18(12-17)15-25-16-19-8-4-11-26-19/h3-4,6-8,11-12H,5,9-10,13-16H2,1-2H3,(H,21,23). The second-order valence-corrected chi connectivity index (χ2v) is 6.25.